The zero-order valence-corrected chi connectivity index (χ0v) is 8.68. The van der Waals surface area contributed by atoms with E-state index in [1.54, 1.807) is 0 Å². The molecule has 1 unspecified atom stereocenters. The van der Waals surface area contributed by atoms with Crippen molar-refractivity contribution >= 4 is 0 Å². The summed E-state index contributed by atoms with van der Waals surface area (Å²) >= 11 is 0. The van der Waals surface area contributed by atoms with Crippen molar-refractivity contribution in [1.82, 2.24) is 4.57 Å². The molecule has 0 fully saturated rings. The van der Waals surface area contributed by atoms with Crippen molar-refractivity contribution < 1.29 is 4.74 Å². The number of rotatable bonds is 0. The molecule has 1 aromatic heterocycles. The van der Waals surface area contributed by atoms with Crippen LogP contribution in [0.2, 0.25) is 0 Å². The highest BCUT2D eigenvalue weighted by atomic mass is 16.5. The van der Waals surface area contributed by atoms with Gasteiger partial charge in [0.2, 0.25) is 0 Å². The first kappa shape index (κ1) is 8.74. The first-order valence-corrected chi connectivity index (χ1v) is 5.23. The number of nitrogens with zero attached hydrogens (tertiary/aromatic N) is 1. The smallest absolute Gasteiger partial charge is 0.0954 e. The Bertz CT molecular complexity index is 487. The van der Waals surface area contributed by atoms with Crippen LogP contribution in [0.5, 0.6) is 0 Å². The second-order valence-corrected chi connectivity index (χ2v) is 3.89. The molecule has 1 aromatic carbocycles. The van der Waals surface area contributed by atoms with Crippen LogP contribution in [0.3, 0.4) is 0 Å². The topological polar surface area (TPSA) is 14.2 Å². The molecule has 2 heterocycles. The van der Waals surface area contributed by atoms with E-state index in [1.165, 1.54) is 16.9 Å². The largest absolute Gasteiger partial charge is 0.368 e. The zero-order chi connectivity index (χ0) is 10.3. The van der Waals surface area contributed by atoms with Crippen LogP contribution < -0.4 is 0 Å². The van der Waals surface area contributed by atoms with Crippen LogP contribution in [-0.4, -0.2) is 4.57 Å². The Morgan fingerprint density at radius 3 is 3.00 bits per heavy atom. The maximum Gasteiger partial charge on any atom is 0.0954 e. The van der Waals surface area contributed by atoms with Crippen molar-refractivity contribution in [3.8, 4) is 5.69 Å². The molecule has 2 aromatic rings. The number of aromatic nitrogens is 1. The summed E-state index contributed by atoms with van der Waals surface area (Å²) in [6.07, 6.45) is 2.26. The number of hydrogen-bond donors (Lipinski definition) is 0. The Morgan fingerprint density at radius 2 is 2.07 bits per heavy atom. The third kappa shape index (κ3) is 1.29. The van der Waals surface area contributed by atoms with Crippen LogP contribution >= 0.6 is 0 Å². The van der Waals surface area contributed by atoms with E-state index in [0.29, 0.717) is 6.61 Å². The highest BCUT2D eigenvalue weighted by Crippen LogP contribution is 2.28. The van der Waals surface area contributed by atoms with Crippen molar-refractivity contribution in [2.75, 3.05) is 0 Å². The molecule has 0 radical (unpaired) electrons. The fraction of sp³-hybridized carbons (Fsp3) is 0.231. The number of benzene rings is 1. The molecule has 15 heavy (non-hydrogen) atoms. The molecule has 0 spiro atoms. The first-order chi connectivity index (χ1) is 7.36. The molecule has 1 aliphatic rings. The third-order valence-corrected chi connectivity index (χ3v) is 2.94. The minimum atomic E-state index is 0.160. The Kier molecular flexibility index (Phi) is 1.89. The molecule has 0 aliphatic carbocycles. The van der Waals surface area contributed by atoms with Gasteiger partial charge in [-0.25, -0.2) is 0 Å². The summed E-state index contributed by atoms with van der Waals surface area (Å²) in [5.74, 6) is 0. The monoisotopic (exact) mass is 199 g/mol. The van der Waals surface area contributed by atoms with Gasteiger partial charge in [0, 0.05) is 11.8 Å². The molecule has 0 bridgehead atoms. The van der Waals surface area contributed by atoms with Crippen LogP contribution in [0.25, 0.3) is 5.69 Å². The Morgan fingerprint density at radius 1 is 1.20 bits per heavy atom. The Labute approximate surface area is 89.1 Å². The molecule has 2 nitrogen and oxygen atoms in total. The van der Waals surface area contributed by atoms with Gasteiger partial charge in [0.1, 0.15) is 0 Å². The van der Waals surface area contributed by atoms with Crippen LogP contribution in [0.1, 0.15) is 24.3 Å². The van der Waals surface area contributed by atoms with Crippen molar-refractivity contribution in [2.24, 2.45) is 0 Å². The van der Waals surface area contributed by atoms with E-state index in [0.717, 1.165) is 0 Å². The molecule has 76 valence electrons. The van der Waals surface area contributed by atoms with Crippen molar-refractivity contribution in [3.05, 3.63) is 53.9 Å². The zero-order valence-electron chi connectivity index (χ0n) is 8.68. The summed E-state index contributed by atoms with van der Waals surface area (Å²) < 4.78 is 8.01. The Hall–Kier alpha value is -1.54. The highest BCUT2D eigenvalue weighted by Gasteiger charge is 2.17. The molecule has 2 heteroatoms. The van der Waals surface area contributed by atoms with E-state index in [2.05, 4.69) is 54.1 Å². The van der Waals surface area contributed by atoms with E-state index in [4.69, 9.17) is 4.74 Å². The normalized spacial score (nSPS) is 19.1. The Balaban J connectivity index is 2.26. The maximum absolute atomic E-state index is 5.79. The summed E-state index contributed by atoms with van der Waals surface area (Å²) in [5.41, 5.74) is 3.71. The molecule has 0 N–H and O–H groups in total. The van der Waals surface area contributed by atoms with Crippen LogP contribution in [0.15, 0.2) is 42.6 Å². The minimum Gasteiger partial charge on any atom is -0.368 e. The number of fused-ring (bicyclic) bond motifs is 3. The molecule has 0 saturated heterocycles. The van der Waals surface area contributed by atoms with Gasteiger partial charge < -0.3 is 9.30 Å². The lowest BCUT2D eigenvalue weighted by Gasteiger charge is -2.10. The third-order valence-electron chi connectivity index (χ3n) is 2.94. The van der Waals surface area contributed by atoms with Gasteiger partial charge in [-0.1, -0.05) is 18.2 Å². The average molecular weight is 199 g/mol. The second kappa shape index (κ2) is 3.24. The van der Waals surface area contributed by atoms with E-state index >= 15 is 0 Å². The van der Waals surface area contributed by atoms with E-state index < -0.39 is 0 Å². The molecule has 1 aliphatic heterocycles. The molecule has 0 saturated carbocycles. The minimum absolute atomic E-state index is 0.160. The van der Waals surface area contributed by atoms with Gasteiger partial charge in [0.05, 0.1) is 24.1 Å². The van der Waals surface area contributed by atoms with Crippen molar-refractivity contribution in [1.29, 1.82) is 0 Å². The van der Waals surface area contributed by atoms with Gasteiger partial charge in [0.25, 0.3) is 0 Å². The van der Waals surface area contributed by atoms with Crippen LogP contribution in [-0.2, 0) is 11.3 Å². The quantitative estimate of drug-likeness (QED) is 0.636. The molecular formula is C13H13NO. The number of ether oxygens (including phenoxy) is 1. The standard InChI is InChI=1S/C13H13NO/c1-10-12-7-4-8-14(12)13-6-3-2-5-11(13)9-15-10/h2-8,10H,9H2,1H3. The fourth-order valence-electron chi connectivity index (χ4n) is 2.11. The molecule has 0 amide bonds. The predicted octanol–water partition coefficient (Wildman–Crippen LogP) is 3.07. The van der Waals surface area contributed by atoms with E-state index in [-0.39, 0.29) is 6.10 Å². The predicted molar refractivity (Wildman–Crippen MR) is 59.0 cm³/mol. The van der Waals surface area contributed by atoms with E-state index in [1.807, 2.05) is 0 Å². The molecule has 1 atom stereocenters. The lowest BCUT2D eigenvalue weighted by atomic mass is 10.2. The first-order valence-electron chi connectivity index (χ1n) is 5.23. The maximum atomic E-state index is 5.79. The summed E-state index contributed by atoms with van der Waals surface area (Å²) in [5, 5.41) is 0. The highest BCUT2D eigenvalue weighted by molar-refractivity contribution is 5.44. The van der Waals surface area contributed by atoms with Crippen molar-refractivity contribution in [3.63, 3.8) is 0 Å². The molecular weight excluding hydrogens is 186 g/mol. The van der Waals surface area contributed by atoms with Crippen molar-refractivity contribution in [2.45, 2.75) is 19.6 Å². The number of para-hydroxylation sites is 1. The SMILES string of the molecule is CC1OCc2ccccc2-n2cccc21. The number of hydrogen-bond acceptors (Lipinski definition) is 1. The van der Waals surface area contributed by atoms with Crippen LogP contribution in [0.4, 0.5) is 0 Å². The van der Waals surface area contributed by atoms with Gasteiger partial charge in [0.15, 0.2) is 0 Å². The van der Waals surface area contributed by atoms with Gasteiger partial charge in [-0.2, -0.15) is 0 Å². The summed E-state index contributed by atoms with van der Waals surface area (Å²) in [7, 11) is 0. The summed E-state index contributed by atoms with van der Waals surface area (Å²) in [6.45, 7) is 2.79. The summed E-state index contributed by atoms with van der Waals surface area (Å²) in [4.78, 5) is 0. The molecule has 3 rings (SSSR count). The van der Waals surface area contributed by atoms with Gasteiger partial charge in [-0.3, -0.25) is 0 Å². The fourth-order valence-corrected chi connectivity index (χ4v) is 2.11. The van der Waals surface area contributed by atoms with Gasteiger partial charge in [-0.05, 0) is 25.1 Å². The second-order valence-electron chi connectivity index (χ2n) is 3.89. The van der Waals surface area contributed by atoms with Gasteiger partial charge in [-0.15, -0.1) is 0 Å². The average Bonchev–Trinajstić information content (AvgIpc) is 2.71. The summed E-state index contributed by atoms with van der Waals surface area (Å²) in [6, 6.07) is 12.6. The lowest BCUT2D eigenvalue weighted by molar-refractivity contribution is 0.0528. The lowest BCUT2D eigenvalue weighted by Crippen LogP contribution is -2.01. The van der Waals surface area contributed by atoms with E-state index in [9.17, 15) is 0 Å². The van der Waals surface area contributed by atoms with Gasteiger partial charge >= 0.3 is 0 Å². The van der Waals surface area contributed by atoms with Crippen LogP contribution in [0, 0.1) is 0 Å².